The molecule has 78 valence electrons. The van der Waals surface area contributed by atoms with Crippen LogP contribution in [0.4, 0.5) is 0 Å². The summed E-state index contributed by atoms with van der Waals surface area (Å²) in [5, 5.41) is 10.6. The molecule has 1 N–H and O–H groups in total. The Morgan fingerprint density at radius 3 is 2.36 bits per heavy atom. The van der Waals surface area contributed by atoms with Gasteiger partial charge in [-0.2, -0.15) is 0 Å². The van der Waals surface area contributed by atoms with Crippen LogP contribution >= 0.6 is 11.6 Å². The van der Waals surface area contributed by atoms with Crippen molar-refractivity contribution in [3.05, 3.63) is 34.9 Å². The van der Waals surface area contributed by atoms with E-state index in [-0.39, 0.29) is 6.10 Å². The van der Waals surface area contributed by atoms with Crippen molar-refractivity contribution in [2.45, 2.75) is 32.8 Å². The number of aliphatic hydroxyl groups excluding tert-OH is 1. The van der Waals surface area contributed by atoms with Gasteiger partial charge in [0.25, 0.3) is 0 Å². The molecule has 0 aliphatic carbocycles. The first kappa shape index (κ1) is 11.5. The minimum Gasteiger partial charge on any atom is -0.388 e. The molecule has 0 aliphatic rings. The Bertz CT molecular complexity index is 268. The molecule has 0 aromatic heterocycles. The predicted octanol–water partition coefficient (Wildman–Crippen LogP) is 3.81. The number of halogens is 1. The molecule has 0 bridgehead atoms. The smallest absolute Gasteiger partial charge is 0.0792 e. The fraction of sp³-hybridized carbons (Fsp3) is 0.500. The van der Waals surface area contributed by atoms with Gasteiger partial charge in [-0.25, -0.2) is 0 Å². The van der Waals surface area contributed by atoms with Crippen molar-refractivity contribution in [1.82, 2.24) is 0 Å². The maximum Gasteiger partial charge on any atom is 0.0792 e. The summed E-state index contributed by atoms with van der Waals surface area (Å²) in [7, 11) is 0. The van der Waals surface area contributed by atoms with Crippen LogP contribution in [0, 0.1) is 5.92 Å². The van der Waals surface area contributed by atoms with Crippen molar-refractivity contribution < 1.29 is 5.11 Å². The van der Waals surface area contributed by atoms with E-state index >= 15 is 0 Å². The molecule has 1 aromatic rings. The van der Waals surface area contributed by atoms with Gasteiger partial charge in [-0.05, 0) is 30.0 Å². The highest BCUT2D eigenvalue weighted by molar-refractivity contribution is 6.30. The quantitative estimate of drug-likeness (QED) is 0.805. The van der Waals surface area contributed by atoms with Crippen LogP contribution in [-0.2, 0) is 0 Å². The van der Waals surface area contributed by atoms with Gasteiger partial charge in [0.15, 0.2) is 0 Å². The molecular weight excluding hydrogens is 196 g/mol. The molecule has 0 aliphatic heterocycles. The van der Waals surface area contributed by atoms with E-state index in [0.29, 0.717) is 10.9 Å². The van der Waals surface area contributed by atoms with E-state index in [0.717, 1.165) is 18.4 Å². The maximum atomic E-state index is 9.87. The lowest BCUT2D eigenvalue weighted by Crippen LogP contribution is -2.03. The first-order valence-electron chi connectivity index (χ1n) is 5.07. The Morgan fingerprint density at radius 1 is 1.29 bits per heavy atom. The number of aliphatic hydroxyl groups is 1. The largest absolute Gasteiger partial charge is 0.388 e. The summed E-state index contributed by atoms with van der Waals surface area (Å²) in [6.07, 6.45) is 1.56. The highest BCUT2D eigenvalue weighted by Gasteiger charge is 2.10. The lowest BCUT2D eigenvalue weighted by Gasteiger charge is -2.15. The third-order valence-electron chi connectivity index (χ3n) is 2.58. The zero-order valence-electron chi connectivity index (χ0n) is 8.70. The molecular formula is C12H17ClO. The van der Waals surface area contributed by atoms with Gasteiger partial charge in [0, 0.05) is 5.02 Å². The van der Waals surface area contributed by atoms with Gasteiger partial charge in [0.05, 0.1) is 6.10 Å². The van der Waals surface area contributed by atoms with E-state index in [9.17, 15) is 5.11 Å². The van der Waals surface area contributed by atoms with E-state index in [1.807, 2.05) is 24.3 Å². The average Bonchev–Trinajstić information content (AvgIpc) is 2.18. The average molecular weight is 213 g/mol. The van der Waals surface area contributed by atoms with E-state index in [1.165, 1.54) is 0 Å². The molecule has 0 heterocycles. The summed E-state index contributed by atoms with van der Waals surface area (Å²) in [6, 6.07) is 7.40. The van der Waals surface area contributed by atoms with Gasteiger partial charge in [-0.1, -0.05) is 44.0 Å². The van der Waals surface area contributed by atoms with Crippen molar-refractivity contribution >= 4 is 11.6 Å². The van der Waals surface area contributed by atoms with Crippen LogP contribution in [0.3, 0.4) is 0 Å². The van der Waals surface area contributed by atoms with Crippen molar-refractivity contribution in [2.24, 2.45) is 5.92 Å². The van der Waals surface area contributed by atoms with Crippen LogP contribution in [0.2, 0.25) is 5.02 Å². The van der Waals surface area contributed by atoms with Crippen LogP contribution in [0.15, 0.2) is 24.3 Å². The Hall–Kier alpha value is -0.530. The first-order valence-corrected chi connectivity index (χ1v) is 5.44. The van der Waals surface area contributed by atoms with Crippen LogP contribution in [0.1, 0.15) is 38.4 Å². The van der Waals surface area contributed by atoms with Gasteiger partial charge >= 0.3 is 0 Å². The summed E-state index contributed by atoms with van der Waals surface area (Å²) >= 11 is 5.77. The van der Waals surface area contributed by atoms with Crippen molar-refractivity contribution in [2.75, 3.05) is 0 Å². The summed E-state index contributed by atoms with van der Waals surface area (Å²) in [5.41, 5.74) is 0.953. The Morgan fingerprint density at radius 2 is 1.86 bits per heavy atom. The number of benzene rings is 1. The standard InChI is InChI=1S/C12H17ClO/c1-3-9(2)8-12(14)10-4-6-11(13)7-5-10/h4-7,9,12,14H,3,8H2,1-2H3. The molecule has 14 heavy (non-hydrogen) atoms. The second-order valence-electron chi connectivity index (χ2n) is 3.82. The lowest BCUT2D eigenvalue weighted by atomic mass is 9.96. The van der Waals surface area contributed by atoms with Gasteiger partial charge in [-0.15, -0.1) is 0 Å². The summed E-state index contributed by atoms with van der Waals surface area (Å²) in [6.45, 7) is 4.29. The highest BCUT2D eigenvalue weighted by Crippen LogP contribution is 2.23. The monoisotopic (exact) mass is 212 g/mol. The summed E-state index contributed by atoms with van der Waals surface area (Å²) < 4.78 is 0. The zero-order valence-corrected chi connectivity index (χ0v) is 9.46. The van der Waals surface area contributed by atoms with E-state index in [2.05, 4.69) is 13.8 Å². The molecule has 2 heteroatoms. The molecule has 1 rings (SSSR count). The summed E-state index contributed by atoms with van der Waals surface area (Å²) in [4.78, 5) is 0. The zero-order chi connectivity index (χ0) is 10.6. The minimum absolute atomic E-state index is 0.359. The van der Waals surface area contributed by atoms with Crippen LogP contribution in [-0.4, -0.2) is 5.11 Å². The number of hydrogen-bond acceptors (Lipinski definition) is 1. The summed E-state index contributed by atoms with van der Waals surface area (Å²) in [5.74, 6) is 0.556. The van der Waals surface area contributed by atoms with Gasteiger partial charge in [0.1, 0.15) is 0 Å². The Balaban J connectivity index is 2.60. The fourth-order valence-corrected chi connectivity index (χ4v) is 1.49. The van der Waals surface area contributed by atoms with Crippen LogP contribution < -0.4 is 0 Å². The molecule has 0 fully saturated rings. The van der Waals surface area contributed by atoms with E-state index in [4.69, 9.17) is 11.6 Å². The number of hydrogen-bond donors (Lipinski definition) is 1. The third kappa shape index (κ3) is 3.32. The SMILES string of the molecule is CCC(C)CC(O)c1ccc(Cl)cc1. The van der Waals surface area contributed by atoms with E-state index < -0.39 is 0 Å². The van der Waals surface area contributed by atoms with Crippen molar-refractivity contribution in [1.29, 1.82) is 0 Å². The third-order valence-corrected chi connectivity index (χ3v) is 2.83. The number of rotatable bonds is 4. The maximum absolute atomic E-state index is 9.87. The van der Waals surface area contributed by atoms with Gasteiger partial charge < -0.3 is 5.11 Å². The molecule has 0 spiro atoms. The van der Waals surface area contributed by atoms with Crippen molar-refractivity contribution in [3.63, 3.8) is 0 Å². The molecule has 0 amide bonds. The fourth-order valence-electron chi connectivity index (χ4n) is 1.37. The minimum atomic E-state index is -0.359. The predicted molar refractivity (Wildman–Crippen MR) is 60.5 cm³/mol. The molecule has 2 unspecified atom stereocenters. The van der Waals surface area contributed by atoms with Crippen molar-refractivity contribution in [3.8, 4) is 0 Å². The molecule has 0 saturated carbocycles. The van der Waals surface area contributed by atoms with E-state index in [1.54, 1.807) is 0 Å². The second kappa shape index (κ2) is 5.38. The van der Waals surface area contributed by atoms with Gasteiger partial charge in [-0.3, -0.25) is 0 Å². The molecule has 0 radical (unpaired) electrons. The normalized spacial score (nSPS) is 15.1. The van der Waals surface area contributed by atoms with Gasteiger partial charge in [0.2, 0.25) is 0 Å². The lowest BCUT2D eigenvalue weighted by molar-refractivity contribution is 0.146. The molecule has 0 saturated heterocycles. The first-order chi connectivity index (χ1) is 6.63. The topological polar surface area (TPSA) is 20.2 Å². The molecule has 1 aromatic carbocycles. The molecule has 1 nitrogen and oxygen atoms in total. The highest BCUT2D eigenvalue weighted by atomic mass is 35.5. The molecule has 2 atom stereocenters. The van der Waals surface area contributed by atoms with Crippen LogP contribution in [0.25, 0.3) is 0 Å². The second-order valence-corrected chi connectivity index (χ2v) is 4.25. The van der Waals surface area contributed by atoms with Crippen LogP contribution in [0.5, 0.6) is 0 Å². The Labute approximate surface area is 90.7 Å². The Kier molecular flexibility index (Phi) is 4.43.